The number of halogens is 2. The summed E-state index contributed by atoms with van der Waals surface area (Å²) in [6.45, 7) is 4.70. The molecule has 0 radical (unpaired) electrons. The molecule has 36 heavy (non-hydrogen) atoms. The van der Waals surface area contributed by atoms with Crippen molar-refractivity contribution in [2.75, 3.05) is 38.6 Å². The van der Waals surface area contributed by atoms with Crippen LogP contribution < -0.4 is 21.0 Å². The highest BCUT2D eigenvalue weighted by atomic mass is 35.5. The van der Waals surface area contributed by atoms with Crippen molar-refractivity contribution in [3.05, 3.63) is 68.3 Å². The second kappa shape index (κ2) is 9.81. The molecule has 1 aliphatic rings. The molecule has 1 amide bonds. The first-order chi connectivity index (χ1) is 17.4. The number of carbonyl (C=O) groups is 1. The van der Waals surface area contributed by atoms with E-state index in [4.69, 9.17) is 28.0 Å². The van der Waals surface area contributed by atoms with Gasteiger partial charge in [0.1, 0.15) is 12.8 Å². The maximum atomic E-state index is 13.3. The van der Waals surface area contributed by atoms with Crippen LogP contribution in [0.3, 0.4) is 0 Å². The summed E-state index contributed by atoms with van der Waals surface area (Å²) in [5.41, 5.74) is 2.35. The summed E-state index contributed by atoms with van der Waals surface area (Å²) in [7, 11) is 1.37. The second-order valence-corrected chi connectivity index (χ2v) is 9.11. The van der Waals surface area contributed by atoms with Gasteiger partial charge in [0.05, 0.1) is 21.3 Å². The van der Waals surface area contributed by atoms with Gasteiger partial charge in [-0.15, -0.1) is 4.73 Å². The Morgan fingerprint density at radius 3 is 2.58 bits per heavy atom. The van der Waals surface area contributed by atoms with Crippen LogP contribution in [0.2, 0.25) is 10.0 Å². The van der Waals surface area contributed by atoms with E-state index in [0.29, 0.717) is 45.5 Å². The predicted octanol–water partition coefficient (Wildman–Crippen LogP) is 3.25. The van der Waals surface area contributed by atoms with E-state index in [2.05, 4.69) is 25.6 Å². The van der Waals surface area contributed by atoms with Gasteiger partial charge in [-0.1, -0.05) is 29.3 Å². The summed E-state index contributed by atoms with van der Waals surface area (Å²) in [5, 5.41) is 7.60. The topological polar surface area (TPSA) is 117 Å². The highest BCUT2D eigenvalue weighted by Gasteiger charge is 2.21. The maximum Gasteiger partial charge on any atom is 0.293 e. The lowest BCUT2D eigenvalue weighted by atomic mass is 10.1. The van der Waals surface area contributed by atoms with Crippen LogP contribution in [0.15, 0.2) is 41.3 Å². The number of pyridine rings is 1. The molecule has 1 aliphatic heterocycles. The highest BCUT2D eigenvalue weighted by molar-refractivity contribution is 6.39. The van der Waals surface area contributed by atoms with Crippen LogP contribution in [0.5, 0.6) is 0 Å². The Morgan fingerprint density at radius 1 is 1.17 bits per heavy atom. The molecule has 1 fully saturated rings. The molecule has 5 rings (SSSR count). The maximum absolute atomic E-state index is 13.3. The smallest absolute Gasteiger partial charge is 0.293 e. The largest absolute Gasteiger partial charge is 0.412 e. The Morgan fingerprint density at radius 2 is 1.89 bits per heavy atom. The van der Waals surface area contributed by atoms with Crippen molar-refractivity contribution in [1.82, 2.24) is 29.9 Å². The monoisotopic (exact) mass is 527 g/mol. The van der Waals surface area contributed by atoms with Crippen LogP contribution in [0.4, 0.5) is 11.6 Å². The number of piperazine rings is 1. The van der Waals surface area contributed by atoms with Gasteiger partial charge in [0, 0.05) is 49.0 Å². The first-order valence-electron chi connectivity index (χ1n) is 11.3. The van der Waals surface area contributed by atoms with Crippen molar-refractivity contribution in [3.8, 4) is 11.1 Å². The fourth-order valence-electron chi connectivity index (χ4n) is 4.20. The Bertz CT molecular complexity index is 1510. The molecule has 0 bridgehead atoms. The van der Waals surface area contributed by atoms with E-state index in [9.17, 15) is 9.59 Å². The van der Waals surface area contributed by atoms with Crippen molar-refractivity contribution >= 4 is 51.8 Å². The number of nitrogens with zero attached hydrogens (tertiary/aromatic N) is 4. The molecule has 10 nitrogen and oxygen atoms in total. The molecule has 186 valence electrons. The molecular formula is C24H23Cl2N7O3. The summed E-state index contributed by atoms with van der Waals surface area (Å²) in [4.78, 5) is 45.3. The zero-order chi connectivity index (χ0) is 25.4. The number of benzene rings is 1. The van der Waals surface area contributed by atoms with Gasteiger partial charge in [0.25, 0.3) is 11.5 Å². The third kappa shape index (κ3) is 4.39. The van der Waals surface area contributed by atoms with Crippen molar-refractivity contribution in [1.29, 1.82) is 0 Å². The molecule has 0 atom stereocenters. The van der Waals surface area contributed by atoms with Gasteiger partial charge < -0.3 is 25.4 Å². The van der Waals surface area contributed by atoms with Gasteiger partial charge in [-0.2, -0.15) is 4.98 Å². The van der Waals surface area contributed by atoms with E-state index in [1.807, 2.05) is 6.92 Å². The first kappa shape index (κ1) is 24.1. The molecule has 0 aliphatic carbocycles. The number of hydrogen-bond acceptors (Lipinski definition) is 7. The van der Waals surface area contributed by atoms with Gasteiger partial charge in [0.15, 0.2) is 5.65 Å². The third-order valence-electron chi connectivity index (χ3n) is 6.01. The highest BCUT2D eigenvalue weighted by Crippen LogP contribution is 2.34. The SMILES string of the molecule is COn1c(=O)c(-c2c(Cl)cccc2Cl)cc2cnc(Nc3cc(C(=O)N4CCNCC4)[nH]c3C)nc21. The fraction of sp³-hybridized carbons (Fsp3) is 0.250. The van der Waals surface area contributed by atoms with Gasteiger partial charge in [-0.25, -0.2) is 4.98 Å². The van der Waals surface area contributed by atoms with E-state index < -0.39 is 5.56 Å². The minimum atomic E-state index is -0.466. The van der Waals surface area contributed by atoms with Gasteiger partial charge in [-0.05, 0) is 31.2 Å². The summed E-state index contributed by atoms with van der Waals surface area (Å²) in [6.07, 6.45) is 1.57. The Balaban J connectivity index is 1.50. The average molecular weight is 528 g/mol. The fourth-order valence-corrected chi connectivity index (χ4v) is 4.80. The first-order valence-corrected chi connectivity index (χ1v) is 12.0. The minimum Gasteiger partial charge on any atom is -0.412 e. The van der Waals surface area contributed by atoms with Gasteiger partial charge in [0.2, 0.25) is 5.95 Å². The number of amides is 1. The molecule has 0 unspecified atom stereocenters. The van der Waals surface area contributed by atoms with Crippen LogP contribution in [-0.2, 0) is 0 Å². The zero-order valence-corrected chi connectivity index (χ0v) is 21.1. The quantitative estimate of drug-likeness (QED) is 0.364. The number of anilines is 2. The van der Waals surface area contributed by atoms with Crippen LogP contribution in [0, 0.1) is 6.92 Å². The molecule has 1 aromatic carbocycles. The lowest BCUT2D eigenvalue weighted by Gasteiger charge is -2.26. The van der Waals surface area contributed by atoms with Crippen molar-refractivity contribution in [2.24, 2.45) is 0 Å². The zero-order valence-electron chi connectivity index (χ0n) is 19.6. The normalized spacial score (nSPS) is 13.7. The predicted molar refractivity (Wildman–Crippen MR) is 139 cm³/mol. The van der Waals surface area contributed by atoms with Crippen LogP contribution in [0.1, 0.15) is 16.2 Å². The van der Waals surface area contributed by atoms with Crippen molar-refractivity contribution in [2.45, 2.75) is 6.92 Å². The van der Waals surface area contributed by atoms with E-state index in [1.54, 1.807) is 41.4 Å². The van der Waals surface area contributed by atoms with Crippen LogP contribution >= 0.6 is 23.2 Å². The van der Waals surface area contributed by atoms with Crippen molar-refractivity contribution in [3.63, 3.8) is 0 Å². The van der Waals surface area contributed by atoms with Crippen molar-refractivity contribution < 1.29 is 9.63 Å². The molecule has 3 aromatic heterocycles. The lowest BCUT2D eigenvalue weighted by Crippen LogP contribution is -2.46. The summed E-state index contributed by atoms with van der Waals surface area (Å²) < 4.78 is 1.07. The number of aromatic amines is 1. The van der Waals surface area contributed by atoms with E-state index in [0.717, 1.165) is 23.5 Å². The minimum absolute atomic E-state index is 0.0638. The molecule has 0 spiro atoms. The molecule has 3 N–H and O–H groups in total. The number of rotatable bonds is 5. The number of hydrogen-bond donors (Lipinski definition) is 3. The van der Waals surface area contributed by atoms with E-state index >= 15 is 0 Å². The number of carbonyl (C=O) groups excluding carboxylic acids is 1. The molecule has 1 saturated heterocycles. The third-order valence-corrected chi connectivity index (χ3v) is 6.64. The molecule has 12 heteroatoms. The Hall–Kier alpha value is -3.60. The number of nitrogens with one attached hydrogen (secondary N) is 3. The Labute approximate surface area is 216 Å². The molecule has 4 aromatic rings. The summed E-state index contributed by atoms with van der Waals surface area (Å²) in [5.74, 6) is 0.172. The second-order valence-electron chi connectivity index (χ2n) is 8.30. The van der Waals surface area contributed by atoms with Crippen LogP contribution in [0.25, 0.3) is 22.2 Å². The summed E-state index contributed by atoms with van der Waals surface area (Å²) in [6, 6.07) is 8.40. The van der Waals surface area contributed by atoms with Gasteiger partial charge in [-0.3, -0.25) is 9.59 Å². The van der Waals surface area contributed by atoms with Crippen LogP contribution in [-0.4, -0.2) is 63.8 Å². The Kier molecular flexibility index (Phi) is 6.57. The number of aryl methyl sites for hydroxylation is 1. The molecule has 4 heterocycles. The molecular weight excluding hydrogens is 505 g/mol. The standard InChI is InChI=1S/C24H23Cl2N7O3/c1-13-18(11-19(29-13)23(35)32-8-6-27-7-9-32)30-24-28-12-14-10-15(20-16(25)4-3-5-17(20)26)22(34)33(36-2)21(14)31-24/h3-5,10-12,27,29H,6-9H2,1-2H3,(H,28,30,31). The van der Waals surface area contributed by atoms with E-state index in [-0.39, 0.29) is 23.1 Å². The van der Waals surface area contributed by atoms with E-state index in [1.165, 1.54) is 7.11 Å². The summed E-state index contributed by atoms with van der Waals surface area (Å²) >= 11 is 12.7. The lowest BCUT2D eigenvalue weighted by molar-refractivity contribution is 0.0730. The number of H-pyrrole nitrogens is 1. The molecule has 0 saturated carbocycles. The number of fused-ring (bicyclic) bond motifs is 1. The van der Waals surface area contributed by atoms with Gasteiger partial charge >= 0.3 is 0 Å². The number of aromatic nitrogens is 4. The average Bonchev–Trinajstić information content (AvgIpc) is 3.24.